The molecule has 30 heavy (non-hydrogen) atoms. The number of nitrogens with zero attached hydrogens (tertiary/aromatic N) is 2. The minimum Gasteiger partial charge on any atom is -0.493 e. The van der Waals surface area contributed by atoms with E-state index in [1.165, 1.54) is 11.0 Å². The number of benzene rings is 2. The van der Waals surface area contributed by atoms with Crippen molar-refractivity contribution >= 4 is 17.5 Å². The Bertz CT molecular complexity index is 1010. The Balaban J connectivity index is 1.49. The lowest BCUT2D eigenvalue weighted by Gasteiger charge is -2.31. The van der Waals surface area contributed by atoms with Crippen LogP contribution in [0.1, 0.15) is 23.1 Å². The van der Waals surface area contributed by atoms with Crippen molar-refractivity contribution in [2.24, 2.45) is 5.92 Å². The van der Waals surface area contributed by atoms with Gasteiger partial charge in [0.05, 0.1) is 20.1 Å². The van der Waals surface area contributed by atoms with E-state index in [0.29, 0.717) is 35.8 Å². The van der Waals surface area contributed by atoms with Crippen molar-refractivity contribution in [3.8, 4) is 11.5 Å². The summed E-state index contributed by atoms with van der Waals surface area (Å²) >= 11 is 0. The van der Waals surface area contributed by atoms with Crippen LogP contribution >= 0.6 is 0 Å². The number of carbonyl (C=O) groups is 2. The zero-order valence-corrected chi connectivity index (χ0v) is 17.4. The van der Waals surface area contributed by atoms with Gasteiger partial charge in [-0.3, -0.25) is 9.59 Å². The maximum absolute atomic E-state index is 13.9. The van der Waals surface area contributed by atoms with Gasteiger partial charge in [-0.15, -0.1) is 0 Å². The molecule has 2 amide bonds. The number of fused-ring (bicyclic) bond motifs is 1. The van der Waals surface area contributed by atoms with Gasteiger partial charge in [-0.2, -0.15) is 0 Å². The van der Waals surface area contributed by atoms with Crippen LogP contribution in [0.5, 0.6) is 11.5 Å². The van der Waals surface area contributed by atoms with Crippen molar-refractivity contribution in [2.75, 3.05) is 32.2 Å². The summed E-state index contributed by atoms with van der Waals surface area (Å²) in [6, 6.07) is 8.60. The van der Waals surface area contributed by atoms with Crippen LogP contribution in [0.25, 0.3) is 0 Å². The van der Waals surface area contributed by atoms with E-state index in [2.05, 4.69) is 0 Å². The van der Waals surface area contributed by atoms with E-state index in [1.807, 2.05) is 12.1 Å². The number of anilines is 1. The number of ether oxygens (including phenoxy) is 2. The highest BCUT2D eigenvalue weighted by atomic mass is 19.1. The molecule has 0 bridgehead atoms. The SMILES string of the molecule is COc1cc2c(cc1OC)CN(C(=O)[C@@H]1CC(=O)N(c3ccc(C)c(F)c3)C1)CC2. The number of hydrogen-bond acceptors (Lipinski definition) is 4. The average molecular weight is 412 g/mol. The maximum Gasteiger partial charge on any atom is 0.228 e. The van der Waals surface area contributed by atoms with E-state index in [1.54, 1.807) is 38.2 Å². The Labute approximate surface area is 175 Å². The van der Waals surface area contributed by atoms with Crippen molar-refractivity contribution in [3.63, 3.8) is 0 Å². The van der Waals surface area contributed by atoms with E-state index < -0.39 is 5.92 Å². The summed E-state index contributed by atoms with van der Waals surface area (Å²) in [5.41, 5.74) is 3.18. The van der Waals surface area contributed by atoms with Crippen molar-refractivity contribution in [3.05, 3.63) is 52.8 Å². The Morgan fingerprint density at radius 1 is 1.10 bits per heavy atom. The Hall–Kier alpha value is -3.09. The second-order valence-corrected chi connectivity index (χ2v) is 7.82. The topological polar surface area (TPSA) is 59.1 Å². The van der Waals surface area contributed by atoms with Crippen LogP contribution in [0.3, 0.4) is 0 Å². The predicted molar refractivity (Wildman–Crippen MR) is 110 cm³/mol. The molecule has 4 rings (SSSR count). The van der Waals surface area contributed by atoms with Crippen LogP contribution in [0.2, 0.25) is 0 Å². The Morgan fingerprint density at radius 3 is 2.47 bits per heavy atom. The standard InChI is InChI=1S/C23H25FN2O4/c1-14-4-5-18(11-19(14)24)26-13-17(10-22(26)27)23(28)25-7-6-15-8-20(29-2)21(30-3)9-16(15)12-25/h4-5,8-9,11,17H,6-7,10,12-13H2,1-3H3/t17-/m1/s1. The molecule has 0 saturated carbocycles. The number of amides is 2. The first-order valence-electron chi connectivity index (χ1n) is 10.0. The third kappa shape index (κ3) is 3.60. The first kappa shape index (κ1) is 20.2. The number of methoxy groups -OCH3 is 2. The zero-order valence-electron chi connectivity index (χ0n) is 17.4. The van der Waals surface area contributed by atoms with Crippen LogP contribution in [0.15, 0.2) is 30.3 Å². The minimum atomic E-state index is -0.427. The van der Waals surface area contributed by atoms with E-state index in [-0.39, 0.29) is 30.6 Å². The summed E-state index contributed by atoms with van der Waals surface area (Å²) in [7, 11) is 3.19. The quantitative estimate of drug-likeness (QED) is 0.775. The summed E-state index contributed by atoms with van der Waals surface area (Å²) in [6.07, 6.45) is 0.860. The molecule has 7 heteroatoms. The predicted octanol–water partition coefficient (Wildman–Crippen LogP) is 3.09. The average Bonchev–Trinajstić information content (AvgIpc) is 3.15. The molecule has 0 radical (unpaired) electrons. The molecule has 2 aliphatic rings. The second-order valence-electron chi connectivity index (χ2n) is 7.82. The number of carbonyl (C=O) groups excluding carboxylic acids is 2. The van der Waals surface area contributed by atoms with Crippen molar-refractivity contribution in [1.82, 2.24) is 4.90 Å². The summed E-state index contributed by atoms with van der Waals surface area (Å²) in [5, 5.41) is 0. The van der Waals surface area contributed by atoms with Gasteiger partial charge in [-0.25, -0.2) is 4.39 Å². The number of rotatable bonds is 4. The third-order valence-electron chi connectivity index (χ3n) is 5.97. The first-order chi connectivity index (χ1) is 14.4. The summed E-state index contributed by atoms with van der Waals surface area (Å²) in [5.74, 6) is 0.336. The van der Waals surface area contributed by atoms with Gasteiger partial charge in [0, 0.05) is 31.7 Å². The van der Waals surface area contributed by atoms with Crippen LogP contribution in [-0.4, -0.2) is 44.0 Å². The van der Waals surface area contributed by atoms with Crippen molar-refractivity contribution in [1.29, 1.82) is 0 Å². The van der Waals surface area contributed by atoms with Gasteiger partial charge in [0.1, 0.15) is 5.82 Å². The summed E-state index contributed by atoms with van der Waals surface area (Å²) in [6.45, 7) is 3.01. The molecule has 0 spiro atoms. The van der Waals surface area contributed by atoms with Crippen molar-refractivity contribution in [2.45, 2.75) is 26.3 Å². The monoisotopic (exact) mass is 412 g/mol. The fraction of sp³-hybridized carbons (Fsp3) is 0.391. The Kier molecular flexibility index (Phi) is 5.37. The van der Waals surface area contributed by atoms with Gasteiger partial charge in [-0.1, -0.05) is 6.07 Å². The summed E-state index contributed by atoms with van der Waals surface area (Å²) < 4.78 is 24.7. The molecule has 2 heterocycles. The first-order valence-corrected chi connectivity index (χ1v) is 10.0. The van der Waals surface area contributed by atoms with Gasteiger partial charge in [-0.05, 0) is 54.3 Å². The lowest BCUT2D eigenvalue weighted by atomic mass is 9.97. The molecule has 1 saturated heterocycles. The van der Waals surface area contributed by atoms with Gasteiger partial charge >= 0.3 is 0 Å². The molecule has 0 aromatic heterocycles. The molecule has 158 valence electrons. The van der Waals surface area contributed by atoms with Crippen LogP contribution in [0, 0.1) is 18.7 Å². The number of halogens is 1. The van der Waals surface area contributed by atoms with E-state index >= 15 is 0 Å². The van der Waals surface area contributed by atoms with Gasteiger partial charge in [0.2, 0.25) is 11.8 Å². The molecular weight excluding hydrogens is 387 g/mol. The fourth-order valence-electron chi connectivity index (χ4n) is 4.20. The lowest BCUT2D eigenvalue weighted by molar-refractivity contribution is -0.136. The summed E-state index contributed by atoms with van der Waals surface area (Å²) in [4.78, 5) is 29.0. The highest BCUT2D eigenvalue weighted by Gasteiger charge is 2.38. The van der Waals surface area contributed by atoms with Crippen LogP contribution in [0.4, 0.5) is 10.1 Å². The molecule has 1 atom stereocenters. The van der Waals surface area contributed by atoms with E-state index in [9.17, 15) is 14.0 Å². The molecule has 2 aromatic carbocycles. The highest BCUT2D eigenvalue weighted by molar-refractivity contribution is 6.00. The molecule has 1 fully saturated rings. The Morgan fingerprint density at radius 2 is 1.80 bits per heavy atom. The lowest BCUT2D eigenvalue weighted by Crippen LogP contribution is -2.40. The molecule has 6 nitrogen and oxygen atoms in total. The number of hydrogen-bond donors (Lipinski definition) is 0. The largest absolute Gasteiger partial charge is 0.493 e. The molecule has 0 N–H and O–H groups in total. The smallest absolute Gasteiger partial charge is 0.228 e. The second kappa shape index (κ2) is 7.97. The maximum atomic E-state index is 13.9. The number of aryl methyl sites for hydroxylation is 1. The van der Waals surface area contributed by atoms with E-state index in [4.69, 9.17) is 9.47 Å². The zero-order chi connectivity index (χ0) is 21.4. The van der Waals surface area contributed by atoms with Gasteiger partial charge < -0.3 is 19.3 Å². The van der Waals surface area contributed by atoms with Crippen LogP contribution in [-0.2, 0) is 22.6 Å². The molecule has 2 aromatic rings. The van der Waals surface area contributed by atoms with Crippen molar-refractivity contribution < 1.29 is 23.5 Å². The van der Waals surface area contributed by atoms with Crippen LogP contribution < -0.4 is 14.4 Å². The van der Waals surface area contributed by atoms with Gasteiger partial charge in [0.15, 0.2) is 11.5 Å². The molecule has 2 aliphatic heterocycles. The molecule has 0 unspecified atom stereocenters. The third-order valence-corrected chi connectivity index (χ3v) is 5.97. The minimum absolute atomic E-state index is 0.0427. The normalized spacial score (nSPS) is 18.4. The van der Waals surface area contributed by atoms with E-state index in [0.717, 1.165) is 17.5 Å². The highest BCUT2D eigenvalue weighted by Crippen LogP contribution is 2.34. The molecule has 0 aliphatic carbocycles. The molecular formula is C23H25FN2O4. The fourth-order valence-corrected chi connectivity index (χ4v) is 4.20. The van der Waals surface area contributed by atoms with Gasteiger partial charge in [0.25, 0.3) is 0 Å².